The monoisotopic (exact) mass is 232 g/mol. The lowest BCUT2D eigenvalue weighted by atomic mass is 10.1. The Balaban J connectivity index is 2.11. The second kappa shape index (κ2) is 5.60. The number of nitriles is 1. The van der Waals surface area contributed by atoms with Crippen LogP contribution in [0.5, 0.6) is 5.88 Å². The van der Waals surface area contributed by atoms with Crippen LogP contribution >= 0.6 is 0 Å². The Morgan fingerprint density at radius 1 is 1.35 bits per heavy atom. The van der Waals surface area contributed by atoms with Gasteiger partial charge in [0.25, 0.3) is 5.88 Å². The van der Waals surface area contributed by atoms with Crippen LogP contribution in [0.15, 0.2) is 12.3 Å². The van der Waals surface area contributed by atoms with Crippen molar-refractivity contribution in [2.75, 3.05) is 0 Å². The van der Waals surface area contributed by atoms with Gasteiger partial charge in [-0.25, -0.2) is 0 Å². The maximum atomic E-state index is 8.94. The van der Waals surface area contributed by atoms with Crippen molar-refractivity contribution in [2.45, 2.75) is 44.2 Å². The van der Waals surface area contributed by atoms with Gasteiger partial charge in [0.15, 0.2) is 0 Å². The molecule has 0 aromatic carbocycles. The second-order valence-corrected chi connectivity index (χ2v) is 4.32. The Labute approximate surface area is 101 Å². The Morgan fingerprint density at radius 3 is 3.00 bits per heavy atom. The van der Waals surface area contributed by atoms with E-state index in [1.54, 1.807) is 6.07 Å². The first-order valence-corrected chi connectivity index (χ1v) is 5.95. The van der Waals surface area contributed by atoms with Crippen LogP contribution in [0.4, 0.5) is 0 Å². The minimum atomic E-state index is -0.0544. The van der Waals surface area contributed by atoms with E-state index in [1.807, 2.05) is 6.07 Å². The summed E-state index contributed by atoms with van der Waals surface area (Å²) in [6, 6.07) is 3.67. The lowest BCUT2D eigenvalue weighted by Gasteiger charge is -2.22. The second-order valence-electron chi connectivity index (χ2n) is 4.32. The fraction of sp³-hybridized carbons (Fsp3) is 0.583. The van der Waals surface area contributed by atoms with Gasteiger partial charge in [0, 0.05) is 6.04 Å². The van der Waals surface area contributed by atoms with Crippen molar-refractivity contribution in [1.29, 1.82) is 5.26 Å². The van der Waals surface area contributed by atoms with Gasteiger partial charge in [-0.15, -0.1) is 5.10 Å². The Hall–Kier alpha value is -1.67. The fourth-order valence-corrected chi connectivity index (χ4v) is 2.08. The third-order valence-corrected chi connectivity index (χ3v) is 3.07. The molecule has 90 valence electrons. The van der Waals surface area contributed by atoms with E-state index in [0.29, 0.717) is 11.4 Å². The molecule has 1 fully saturated rings. The molecule has 0 radical (unpaired) electrons. The number of rotatable bonds is 2. The summed E-state index contributed by atoms with van der Waals surface area (Å²) in [4.78, 5) is 0. The molecule has 1 aromatic rings. The molecule has 0 aliphatic heterocycles. The summed E-state index contributed by atoms with van der Waals surface area (Å²) in [6.07, 6.45) is 6.77. The minimum absolute atomic E-state index is 0.0195. The molecule has 2 atom stereocenters. The zero-order chi connectivity index (χ0) is 12.1. The molecule has 1 aromatic heterocycles. The average Bonchev–Trinajstić information content (AvgIpc) is 2.56. The molecular weight excluding hydrogens is 216 g/mol. The van der Waals surface area contributed by atoms with E-state index in [2.05, 4.69) is 10.2 Å². The molecule has 2 rings (SSSR count). The molecule has 17 heavy (non-hydrogen) atoms. The summed E-state index contributed by atoms with van der Waals surface area (Å²) in [5.41, 5.74) is 6.48. The maximum absolute atomic E-state index is 8.94. The van der Waals surface area contributed by atoms with Crippen molar-refractivity contribution >= 4 is 0 Å². The summed E-state index contributed by atoms with van der Waals surface area (Å²) >= 11 is 0. The third-order valence-electron chi connectivity index (χ3n) is 3.07. The van der Waals surface area contributed by atoms with Gasteiger partial charge in [-0.2, -0.15) is 10.4 Å². The van der Waals surface area contributed by atoms with E-state index >= 15 is 0 Å². The van der Waals surface area contributed by atoms with E-state index in [4.69, 9.17) is 15.7 Å². The van der Waals surface area contributed by atoms with Crippen molar-refractivity contribution in [3.05, 3.63) is 17.8 Å². The quantitative estimate of drug-likeness (QED) is 0.779. The number of nitrogens with zero attached hydrogens (tertiary/aromatic N) is 3. The van der Waals surface area contributed by atoms with Gasteiger partial charge < -0.3 is 10.5 Å². The first-order chi connectivity index (χ1) is 8.31. The average molecular weight is 232 g/mol. The van der Waals surface area contributed by atoms with Crippen LogP contribution in [0.3, 0.4) is 0 Å². The highest BCUT2D eigenvalue weighted by atomic mass is 16.5. The topological polar surface area (TPSA) is 84.8 Å². The molecule has 2 unspecified atom stereocenters. The largest absolute Gasteiger partial charge is 0.471 e. The molecule has 2 N–H and O–H groups in total. The zero-order valence-electron chi connectivity index (χ0n) is 9.67. The molecule has 1 aliphatic rings. The van der Waals surface area contributed by atoms with Gasteiger partial charge in [0.2, 0.25) is 0 Å². The van der Waals surface area contributed by atoms with Crippen LogP contribution in [0.1, 0.15) is 37.7 Å². The molecule has 1 saturated carbocycles. The number of hydrogen-bond acceptors (Lipinski definition) is 5. The highest BCUT2D eigenvalue weighted by molar-refractivity contribution is 5.35. The highest BCUT2D eigenvalue weighted by Crippen LogP contribution is 2.22. The van der Waals surface area contributed by atoms with Gasteiger partial charge in [-0.1, -0.05) is 12.8 Å². The lowest BCUT2D eigenvalue weighted by molar-refractivity contribution is 0.154. The van der Waals surface area contributed by atoms with Crippen LogP contribution in [0.2, 0.25) is 0 Å². The smallest absolute Gasteiger partial charge is 0.251 e. The number of nitrogens with two attached hydrogens (primary N) is 1. The molecular formula is C12H16N4O. The van der Waals surface area contributed by atoms with Gasteiger partial charge in [-0.05, 0) is 25.3 Å². The maximum Gasteiger partial charge on any atom is 0.251 e. The van der Waals surface area contributed by atoms with Crippen LogP contribution in [0.25, 0.3) is 0 Å². The normalized spacial score (nSPS) is 24.7. The Kier molecular flexibility index (Phi) is 3.89. The van der Waals surface area contributed by atoms with Crippen molar-refractivity contribution in [3.63, 3.8) is 0 Å². The predicted octanol–water partition coefficient (Wildman–Crippen LogP) is 1.39. The van der Waals surface area contributed by atoms with Crippen molar-refractivity contribution in [3.8, 4) is 11.9 Å². The molecule has 1 aliphatic carbocycles. The van der Waals surface area contributed by atoms with Crippen molar-refractivity contribution < 1.29 is 4.74 Å². The lowest BCUT2D eigenvalue weighted by Crippen LogP contribution is -2.38. The number of aromatic nitrogens is 2. The van der Waals surface area contributed by atoms with Gasteiger partial charge in [0.05, 0.1) is 6.20 Å². The molecule has 0 bridgehead atoms. The Bertz CT molecular complexity index is 415. The summed E-state index contributed by atoms with van der Waals surface area (Å²) in [5.74, 6) is 0.303. The molecule has 0 amide bonds. The van der Waals surface area contributed by atoms with E-state index in [-0.39, 0.29) is 12.1 Å². The number of hydrogen-bond donors (Lipinski definition) is 1. The number of ether oxygens (including phenoxy) is 1. The minimum Gasteiger partial charge on any atom is -0.471 e. The standard InChI is InChI=1S/C12H16N4O/c13-8-9-6-7-15-16-12(9)17-11-5-3-1-2-4-10(11)14/h6-7,10-11H,1-5,14H2. The van der Waals surface area contributed by atoms with E-state index in [0.717, 1.165) is 25.7 Å². The molecule has 0 spiro atoms. The summed E-state index contributed by atoms with van der Waals surface area (Å²) in [6.45, 7) is 0. The van der Waals surface area contributed by atoms with Crippen LogP contribution < -0.4 is 10.5 Å². The third kappa shape index (κ3) is 2.92. The molecule has 0 saturated heterocycles. The van der Waals surface area contributed by atoms with Crippen LogP contribution in [-0.2, 0) is 0 Å². The van der Waals surface area contributed by atoms with Gasteiger partial charge >= 0.3 is 0 Å². The van der Waals surface area contributed by atoms with E-state index < -0.39 is 0 Å². The first-order valence-electron chi connectivity index (χ1n) is 5.95. The molecule has 5 nitrogen and oxygen atoms in total. The fourth-order valence-electron chi connectivity index (χ4n) is 2.08. The highest BCUT2D eigenvalue weighted by Gasteiger charge is 2.23. The van der Waals surface area contributed by atoms with E-state index in [9.17, 15) is 0 Å². The molecule has 5 heteroatoms. The zero-order valence-corrected chi connectivity index (χ0v) is 9.67. The summed E-state index contributed by atoms with van der Waals surface area (Å²) in [7, 11) is 0. The summed E-state index contributed by atoms with van der Waals surface area (Å²) < 4.78 is 5.75. The van der Waals surface area contributed by atoms with Crippen LogP contribution in [0, 0.1) is 11.3 Å². The SMILES string of the molecule is N#Cc1ccnnc1OC1CCCCCC1N. The van der Waals surface area contributed by atoms with Gasteiger partial charge in [-0.3, -0.25) is 0 Å². The Morgan fingerprint density at radius 2 is 2.18 bits per heavy atom. The van der Waals surface area contributed by atoms with Crippen molar-refractivity contribution in [1.82, 2.24) is 10.2 Å². The van der Waals surface area contributed by atoms with E-state index in [1.165, 1.54) is 12.6 Å². The first kappa shape index (κ1) is 11.8. The van der Waals surface area contributed by atoms with Gasteiger partial charge in [0.1, 0.15) is 17.7 Å². The van der Waals surface area contributed by atoms with Crippen LogP contribution in [-0.4, -0.2) is 22.3 Å². The summed E-state index contributed by atoms with van der Waals surface area (Å²) in [5, 5.41) is 16.5. The van der Waals surface area contributed by atoms with Crippen molar-refractivity contribution in [2.24, 2.45) is 5.73 Å². The predicted molar refractivity (Wildman–Crippen MR) is 62.2 cm³/mol. The molecule has 1 heterocycles.